The molecule has 0 N–H and O–H groups in total. The molecule has 94 valence electrons. The Morgan fingerprint density at radius 3 is 2.11 bits per heavy atom. The van der Waals surface area contributed by atoms with Gasteiger partial charge < -0.3 is 0 Å². The first kappa shape index (κ1) is 13.6. The van der Waals surface area contributed by atoms with Crippen molar-refractivity contribution in [1.82, 2.24) is 0 Å². The molecule has 1 atom stereocenters. The van der Waals surface area contributed by atoms with E-state index >= 15 is 0 Å². The molecule has 18 heavy (non-hydrogen) atoms. The van der Waals surface area contributed by atoms with Crippen LogP contribution in [0, 0.1) is 19.7 Å². The molecule has 0 nitrogen and oxygen atoms in total. The van der Waals surface area contributed by atoms with Crippen molar-refractivity contribution < 1.29 is 4.39 Å². The minimum atomic E-state index is -0.254. The smallest absolute Gasteiger partial charge is 0.126 e. The van der Waals surface area contributed by atoms with Crippen LogP contribution < -0.4 is 0 Å². The summed E-state index contributed by atoms with van der Waals surface area (Å²) >= 11 is 9.91. The van der Waals surface area contributed by atoms with Gasteiger partial charge in [-0.2, -0.15) is 0 Å². The van der Waals surface area contributed by atoms with Gasteiger partial charge in [-0.1, -0.05) is 40.2 Å². The molecule has 0 aliphatic carbocycles. The van der Waals surface area contributed by atoms with Crippen molar-refractivity contribution in [3.63, 3.8) is 0 Å². The summed E-state index contributed by atoms with van der Waals surface area (Å²) in [5.74, 6) is -0.199. The zero-order chi connectivity index (χ0) is 13.3. The molecule has 0 saturated heterocycles. The van der Waals surface area contributed by atoms with Gasteiger partial charge in [-0.3, -0.25) is 0 Å². The number of hydrogen-bond acceptors (Lipinski definition) is 0. The Hall–Kier alpha value is -0.860. The molecule has 0 aliphatic heterocycles. The van der Waals surface area contributed by atoms with E-state index in [1.807, 2.05) is 25.1 Å². The van der Waals surface area contributed by atoms with Crippen LogP contribution in [0.2, 0.25) is 0 Å². The van der Waals surface area contributed by atoms with Gasteiger partial charge in [0, 0.05) is 4.47 Å². The van der Waals surface area contributed by atoms with Crippen molar-refractivity contribution in [2.45, 2.75) is 19.2 Å². The highest BCUT2D eigenvalue weighted by molar-refractivity contribution is 9.10. The Morgan fingerprint density at radius 2 is 1.56 bits per heavy atom. The van der Waals surface area contributed by atoms with Crippen molar-refractivity contribution >= 4 is 27.5 Å². The lowest BCUT2D eigenvalue weighted by molar-refractivity contribution is 0.617. The molecular weight excluding hydrogens is 315 g/mol. The Balaban J connectivity index is 2.37. The number of aryl methyl sites for hydroxylation is 2. The number of alkyl halides is 1. The molecule has 2 aromatic carbocycles. The summed E-state index contributed by atoms with van der Waals surface area (Å²) in [6.07, 6.45) is 0. The molecule has 0 aromatic heterocycles. The van der Waals surface area contributed by atoms with Crippen molar-refractivity contribution in [1.29, 1.82) is 0 Å². The molecule has 2 aromatic rings. The van der Waals surface area contributed by atoms with E-state index in [4.69, 9.17) is 11.6 Å². The number of halogens is 3. The molecule has 0 aliphatic rings. The molecule has 0 radical (unpaired) electrons. The van der Waals surface area contributed by atoms with Crippen LogP contribution >= 0.6 is 27.5 Å². The quantitative estimate of drug-likeness (QED) is 0.636. The van der Waals surface area contributed by atoms with Crippen molar-refractivity contribution in [3.05, 3.63) is 68.9 Å². The average molecular weight is 328 g/mol. The van der Waals surface area contributed by atoms with Gasteiger partial charge >= 0.3 is 0 Å². The summed E-state index contributed by atoms with van der Waals surface area (Å²) in [7, 11) is 0. The fraction of sp³-hybridized carbons (Fsp3) is 0.200. The summed E-state index contributed by atoms with van der Waals surface area (Å²) in [5, 5.41) is -0.254. The maximum absolute atomic E-state index is 13.2. The normalized spacial score (nSPS) is 12.5. The standard InChI is InChI=1S/C15H13BrClF/c1-9-7-11(3-5-13(9)16)15(17)12-4-6-14(18)10(2)8-12/h3-8,15H,1-2H3. The molecule has 0 saturated carbocycles. The van der Waals surface area contributed by atoms with Crippen molar-refractivity contribution in [2.24, 2.45) is 0 Å². The Labute approximate surface area is 120 Å². The van der Waals surface area contributed by atoms with E-state index in [1.165, 1.54) is 6.07 Å². The molecule has 0 fully saturated rings. The molecule has 0 heterocycles. The van der Waals surface area contributed by atoms with Crippen LogP contribution in [0.3, 0.4) is 0 Å². The van der Waals surface area contributed by atoms with Gasteiger partial charge in [0.15, 0.2) is 0 Å². The van der Waals surface area contributed by atoms with Crippen LogP contribution in [0.15, 0.2) is 40.9 Å². The highest BCUT2D eigenvalue weighted by atomic mass is 79.9. The van der Waals surface area contributed by atoms with E-state index < -0.39 is 0 Å². The van der Waals surface area contributed by atoms with Gasteiger partial charge in [0.2, 0.25) is 0 Å². The number of rotatable bonds is 2. The van der Waals surface area contributed by atoms with E-state index in [9.17, 15) is 4.39 Å². The van der Waals surface area contributed by atoms with Gasteiger partial charge in [-0.05, 0) is 48.2 Å². The third kappa shape index (κ3) is 2.76. The van der Waals surface area contributed by atoms with Crippen LogP contribution in [-0.2, 0) is 0 Å². The summed E-state index contributed by atoms with van der Waals surface area (Å²) in [6, 6.07) is 11.0. The Bertz CT molecular complexity index is 529. The minimum absolute atomic E-state index is 0.199. The van der Waals surface area contributed by atoms with Crippen LogP contribution in [0.4, 0.5) is 4.39 Å². The fourth-order valence-corrected chi connectivity index (χ4v) is 2.36. The molecule has 0 amide bonds. The minimum Gasteiger partial charge on any atom is -0.207 e. The lowest BCUT2D eigenvalue weighted by Crippen LogP contribution is -1.96. The maximum atomic E-state index is 13.2. The summed E-state index contributed by atoms with van der Waals surface area (Å²) in [6.45, 7) is 3.77. The molecule has 0 spiro atoms. The first-order valence-electron chi connectivity index (χ1n) is 5.65. The predicted molar refractivity (Wildman–Crippen MR) is 77.7 cm³/mol. The maximum Gasteiger partial charge on any atom is 0.126 e. The summed E-state index contributed by atoms with van der Waals surface area (Å²) in [4.78, 5) is 0. The van der Waals surface area contributed by atoms with Crippen molar-refractivity contribution in [2.75, 3.05) is 0 Å². The molecule has 2 rings (SSSR count). The summed E-state index contributed by atoms with van der Waals surface area (Å²) < 4.78 is 14.3. The highest BCUT2D eigenvalue weighted by Gasteiger charge is 2.12. The summed E-state index contributed by atoms with van der Waals surface area (Å²) in [5.41, 5.74) is 3.68. The van der Waals surface area contributed by atoms with Gasteiger partial charge in [0.05, 0.1) is 5.38 Å². The van der Waals surface area contributed by atoms with Gasteiger partial charge in [0.1, 0.15) is 5.82 Å². The number of hydrogen-bond donors (Lipinski definition) is 0. The highest BCUT2D eigenvalue weighted by Crippen LogP contribution is 2.31. The zero-order valence-corrected chi connectivity index (χ0v) is 12.5. The monoisotopic (exact) mass is 326 g/mol. The Kier molecular flexibility index (Phi) is 4.08. The van der Waals surface area contributed by atoms with Gasteiger partial charge in [-0.25, -0.2) is 4.39 Å². The van der Waals surface area contributed by atoms with Gasteiger partial charge in [-0.15, -0.1) is 11.6 Å². The van der Waals surface area contributed by atoms with E-state index in [0.29, 0.717) is 5.56 Å². The fourth-order valence-electron chi connectivity index (χ4n) is 1.84. The lowest BCUT2D eigenvalue weighted by atomic mass is 10.0. The van der Waals surface area contributed by atoms with Gasteiger partial charge in [0.25, 0.3) is 0 Å². The molecule has 1 unspecified atom stereocenters. The largest absolute Gasteiger partial charge is 0.207 e. The predicted octanol–water partition coefficient (Wildman–Crippen LogP) is 5.53. The van der Waals surface area contributed by atoms with Crippen LogP contribution in [0.1, 0.15) is 27.6 Å². The third-order valence-electron chi connectivity index (χ3n) is 2.95. The van der Waals surface area contributed by atoms with Crippen LogP contribution in [-0.4, -0.2) is 0 Å². The van der Waals surface area contributed by atoms with E-state index in [2.05, 4.69) is 15.9 Å². The molecule has 3 heteroatoms. The van der Waals surface area contributed by atoms with E-state index in [0.717, 1.165) is 21.2 Å². The number of benzene rings is 2. The zero-order valence-electron chi connectivity index (χ0n) is 10.2. The third-order valence-corrected chi connectivity index (χ3v) is 4.34. The Morgan fingerprint density at radius 1 is 1.00 bits per heavy atom. The van der Waals surface area contributed by atoms with Crippen molar-refractivity contribution in [3.8, 4) is 0 Å². The SMILES string of the molecule is Cc1cc(C(Cl)c2ccc(Br)c(C)c2)ccc1F. The van der Waals surface area contributed by atoms with E-state index in [1.54, 1.807) is 19.1 Å². The second kappa shape index (κ2) is 5.41. The second-order valence-electron chi connectivity index (χ2n) is 4.38. The van der Waals surface area contributed by atoms with Crippen LogP contribution in [0.25, 0.3) is 0 Å². The molecular formula is C15H13BrClF. The van der Waals surface area contributed by atoms with E-state index in [-0.39, 0.29) is 11.2 Å². The topological polar surface area (TPSA) is 0 Å². The molecule has 0 bridgehead atoms. The average Bonchev–Trinajstić information content (AvgIpc) is 2.35. The lowest BCUT2D eigenvalue weighted by Gasteiger charge is -2.13. The second-order valence-corrected chi connectivity index (χ2v) is 5.67. The first-order valence-corrected chi connectivity index (χ1v) is 6.88. The van der Waals surface area contributed by atoms with Crippen LogP contribution in [0.5, 0.6) is 0 Å². The first-order chi connectivity index (χ1) is 8.49.